The fraction of sp³-hybridized carbons (Fsp3) is 0.0435. The summed E-state index contributed by atoms with van der Waals surface area (Å²) in [5.41, 5.74) is 4.31. The minimum Gasteiger partial charge on any atom is -0.308 e. The van der Waals surface area contributed by atoms with Crippen LogP contribution >= 0.6 is 0 Å². The van der Waals surface area contributed by atoms with Gasteiger partial charge in [0.2, 0.25) is 0 Å². The summed E-state index contributed by atoms with van der Waals surface area (Å²) < 4.78 is 2.22. The average molecular weight is 313 g/mol. The Morgan fingerprint density at radius 3 is 1.96 bits per heavy atom. The Bertz CT molecular complexity index is 1040. The van der Waals surface area contributed by atoms with Crippen LogP contribution in [0.2, 0.25) is 0 Å². The predicted molar refractivity (Wildman–Crippen MR) is 111 cm³/mol. The second-order valence-electron chi connectivity index (χ2n) is 5.21. The molecule has 0 aliphatic rings. The van der Waals surface area contributed by atoms with E-state index >= 15 is 0 Å². The molecule has 24 heavy (non-hydrogen) atoms. The maximum Gasteiger partial charge on any atom is 0.0620 e. The molecule has 2 heterocycles. The van der Waals surface area contributed by atoms with Crippen molar-refractivity contribution < 1.29 is 0 Å². The topological polar surface area (TPSA) is 4.41 Å². The van der Waals surface area contributed by atoms with Crippen LogP contribution in [-0.2, 0) is 0 Å². The Morgan fingerprint density at radius 2 is 1.46 bits per heavy atom. The molecule has 0 saturated carbocycles. The molecular formula is C23H23N. The van der Waals surface area contributed by atoms with Gasteiger partial charge in [0.05, 0.1) is 16.6 Å². The Balaban J connectivity index is 3.37. The van der Waals surface area contributed by atoms with Crippen molar-refractivity contribution in [2.75, 3.05) is 0 Å². The summed E-state index contributed by atoms with van der Waals surface area (Å²) in [7, 11) is 0. The zero-order valence-electron chi connectivity index (χ0n) is 14.3. The molecule has 0 unspecified atom stereocenters. The van der Waals surface area contributed by atoms with E-state index in [0.717, 1.165) is 38.1 Å². The molecule has 120 valence electrons. The SMILES string of the molecule is C=C/C=C\c1c(C=C)/c(=C/C=C)c2c(C=C)c(=C/C)/c(=C\C=C)n12. The van der Waals surface area contributed by atoms with Gasteiger partial charge in [0.15, 0.2) is 0 Å². The Labute approximate surface area is 143 Å². The van der Waals surface area contributed by atoms with Crippen molar-refractivity contribution in [1.82, 2.24) is 4.40 Å². The first-order valence-corrected chi connectivity index (χ1v) is 7.85. The van der Waals surface area contributed by atoms with Crippen molar-refractivity contribution in [3.05, 3.63) is 89.8 Å². The van der Waals surface area contributed by atoms with Gasteiger partial charge in [-0.3, -0.25) is 0 Å². The van der Waals surface area contributed by atoms with Crippen LogP contribution < -0.4 is 15.8 Å². The number of hydrogen-bond acceptors (Lipinski definition) is 0. The number of aromatic nitrogens is 1. The maximum atomic E-state index is 4.02. The number of rotatable bonds is 6. The van der Waals surface area contributed by atoms with Gasteiger partial charge in [-0.1, -0.05) is 81.5 Å². The third-order valence-corrected chi connectivity index (χ3v) is 4.00. The van der Waals surface area contributed by atoms with Gasteiger partial charge >= 0.3 is 0 Å². The number of allylic oxidation sites excluding steroid dienone is 4. The second-order valence-corrected chi connectivity index (χ2v) is 5.21. The minimum atomic E-state index is 1.05. The predicted octanol–water partition coefficient (Wildman–Crippen LogP) is 3.88. The molecule has 1 nitrogen and oxygen atoms in total. The Hall–Kier alpha value is -3.06. The quantitative estimate of drug-likeness (QED) is 0.713. The lowest BCUT2D eigenvalue weighted by molar-refractivity contribution is 1.14. The van der Waals surface area contributed by atoms with Crippen LogP contribution in [0, 0.1) is 0 Å². The molecule has 0 fully saturated rings. The molecule has 0 aliphatic heterocycles. The van der Waals surface area contributed by atoms with Gasteiger partial charge in [0, 0.05) is 21.6 Å². The highest BCUT2D eigenvalue weighted by Gasteiger charge is 2.16. The summed E-state index contributed by atoms with van der Waals surface area (Å²) >= 11 is 0. The van der Waals surface area contributed by atoms with Gasteiger partial charge in [0.25, 0.3) is 0 Å². The van der Waals surface area contributed by atoms with Crippen LogP contribution in [-0.4, -0.2) is 4.40 Å². The van der Waals surface area contributed by atoms with Crippen molar-refractivity contribution in [3.8, 4) is 0 Å². The average Bonchev–Trinajstić information content (AvgIpc) is 3.06. The van der Waals surface area contributed by atoms with E-state index in [4.69, 9.17) is 0 Å². The first kappa shape index (κ1) is 17.3. The first-order chi connectivity index (χ1) is 11.7. The fourth-order valence-corrected chi connectivity index (χ4v) is 3.14. The van der Waals surface area contributed by atoms with Gasteiger partial charge in [-0.25, -0.2) is 0 Å². The standard InChI is InChI=1S/C23H23N/c1-7-13-16-22-18(11-5)20(14-8-2)23-19(12-6)17(10-4)21(15-9-3)24(22)23/h7-16H,1-3,5-6H2,4H3/b16-13-,17-10-,20-14-,21-15+. The molecule has 2 aromatic rings. The second kappa shape index (κ2) is 7.47. The highest BCUT2D eigenvalue weighted by molar-refractivity contribution is 5.82. The summed E-state index contributed by atoms with van der Waals surface area (Å²) in [6.07, 6.45) is 19.3. The van der Waals surface area contributed by atoms with Crippen LogP contribution in [0.25, 0.3) is 42.0 Å². The molecule has 0 radical (unpaired) electrons. The van der Waals surface area contributed by atoms with E-state index in [9.17, 15) is 0 Å². The normalized spacial score (nSPS) is 13.8. The molecule has 0 N–H and O–H groups in total. The van der Waals surface area contributed by atoms with Gasteiger partial charge in [-0.2, -0.15) is 0 Å². The molecule has 2 rings (SSSR count). The molecule has 1 heteroatoms. The van der Waals surface area contributed by atoms with E-state index in [-0.39, 0.29) is 0 Å². The van der Waals surface area contributed by atoms with E-state index in [2.05, 4.69) is 43.4 Å². The molecule has 0 spiro atoms. The van der Waals surface area contributed by atoms with Crippen LogP contribution in [0.4, 0.5) is 0 Å². The van der Waals surface area contributed by atoms with E-state index in [1.54, 1.807) is 18.2 Å². The maximum absolute atomic E-state index is 4.02. The highest BCUT2D eigenvalue weighted by Crippen LogP contribution is 2.16. The lowest BCUT2D eigenvalue weighted by Crippen LogP contribution is -2.27. The van der Waals surface area contributed by atoms with E-state index < -0.39 is 0 Å². The molecule has 0 saturated heterocycles. The Kier molecular flexibility index (Phi) is 5.39. The fourth-order valence-electron chi connectivity index (χ4n) is 3.14. The van der Waals surface area contributed by atoms with Crippen molar-refractivity contribution in [2.45, 2.75) is 6.92 Å². The van der Waals surface area contributed by atoms with Crippen LogP contribution in [0.1, 0.15) is 23.7 Å². The zero-order chi connectivity index (χ0) is 17.7. The number of hydrogen-bond donors (Lipinski definition) is 0. The molecular weight excluding hydrogens is 290 g/mol. The molecule has 0 atom stereocenters. The van der Waals surface area contributed by atoms with Gasteiger partial charge in [-0.15, -0.1) is 0 Å². The highest BCUT2D eigenvalue weighted by atomic mass is 14.9. The molecule has 0 amide bonds. The van der Waals surface area contributed by atoms with Crippen LogP contribution in [0.15, 0.2) is 57.2 Å². The molecule has 0 aliphatic carbocycles. The first-order valence-electron chi connectivity index (χ1n) is 7.85. The summed E-state index contributed by atoms with van der Waals surface area (Å²) in [6, 6.07) is 0. The van der Waals surface area contributed by atoms with Crippen LogP contribution in [0.5, 0.6) is 0 Å². The van der Waals surface area contributed by atoms with Gasteiger partial charge in [0.1, 0.15) is 0 Å². The third kappa shape index (κ3) is 2.55. The van der Waals surface area contributed by atoms with Gasteiger partial charge in [-0.05, 0) is 19.1 Å². The summed E-state index contributed by atoms with van der Waals surface area (Å²) in [5, 5.41) is 3.31. The smallest absolute Gasteiger partial charge is 0.0620 e. The molecule has 0 aromatic carbocycles. The van der Waals surface area contributed by atoms with Crippen LogP contribution in [0.3, 0.4) is 0 Å². The van der Waals surface area contributed by atoms with Crippen molar-refractivity contribution in [3.63, 3.8) is 0 Å². The molecule has 0 bridgehead atoms. The largest absolute Gasteiger partial charge is 0.308 e. The number of fused-ring (bicyclic) bond motifs is 1. The summed E-state index contributed by atoms with van der Waals surface area (Å²) in [4.78, 5) is 0. The van der Waals surface area contributed by atoms with Crippen molar-refractivity contribution in [2.24, 2.45) is 0 Å². The third-order valence-electron chi connectivity index (χ3n) is 4.00. The minimum absolute atomic E-state index is 1.05. The summed E-state index contributed by atoms with van der Waals surface area (Å²) in [6.45, 7) is 21.6. The monoisotopic (exact) mass is 313 g/mol. The van der Waals surface area contributed by atoms with E-state index in [1.165, 1.54) is 0 Å². The van der Waals surface area contributed by atoms with E-state index in [1.807, 2.05) is 43.4 Å². The van der Waals surface area contributed by atoms with Crippen molar-refractivity contribution >= 4 is 42.0 Å². The van der Waals surface area contributed by atoms with Gasteiger partial charge < -0.3 is 4.40 Å². The Morgan fingerprint density at radius 1 is 0.792 bits per heavy atom. The molecule has 2 aromatic heterocycles. The van der Waals surface area contributed by atoms with E-state index in [0.29, 0.717) is 0 Å². The zero-order valence-corrected chi connectivity index (χ0v) is 14.3. The number of nitrogens with zero attached hydrogens (tertiary/aromatic N) is 1. The lowest BCUT2D eigenvalue weighted by atomic mass is 10.1. The summed E-state index contributed by atoms with van der Waals surface area (Å²) in [5.74, 6) is 0. The lowest BCUT2D eigenvalue weighted by Gasteiger charge is -1.97. The van der Waals surface area contributed by atoms with Crippen molar-refractivity contribution in [1.29, 1.82) is 0 Å².